The average molecular weight is 291 g/mol. The first-order valence-corrected chi connectivity index (χ1v) is 6.32. The minimum Gasteiger partial charge on any atom is -0.295 e. The molecule has 0 aliphatic rings. The van der Waals surface area contributed by atoms with Crippen LogP contribution < -0.4 is 0 Å². The highest BCUT2D eigenvalue weighted by Gasteiger charge is 2.31. The third-order valence-electron chi connectivity index (χ3n) is 2.97. The minimum atomic E-state index is -4.31. The molecular formula is C14H17F4NO. The van der Waals surface area contributed by atoms with Gasteiger partial charge in [-0.2, -0.15) is 13.2 Å². The molecule has 1 rings (SSSR count). The number of benzene rings is 1. The Balaban J connectivity index is 2.72. The summed E-state index contributed by atoms with van der Waals surface area (Å²) in [4.78, 5) is 13.2. The largest absolute Gasteiger partial charge is 0.401 e. The number of alkyl halides is 3. The zero-order valence-electron chi connectivity index (χ0n) is 11.4. The molecule has 1 unspecified atom stereocenters. The summed E-state index contributed by atoms with van der Waals surface area (Å²) in [5, 5.41) is 0. The molecule has 0 aliphatic heterocycles. The van der Waals surface area contributed by atoms with Crippen LogP contribution in [0.15, 0.2) is 24.3 Å². The van der Waals surface area contributed by atoms with Crippen molar-refractivity contribution in [1.29, 1.82) is 0 Å². The maximum atomic E-state index is 13.5. The quantitative estimate of drug-likeness (QED) is 0.590. The van der Waals surface area contributed by atoms with Gasteiger partial charge in [-0.15, -0.1) is 0 Å². The van der Waals surface area contributed by atoms with Crippen LogP contribution in [-0.4, -0.2) is 36.5 Å². The van der Waals surface area contributed by atoms with Crippen molar-refractivity contribution in [2.24, 2.45) is 5.92 Å². The van der Waals surface area contributed by atoms with E-state index >= 15 is 0 Å². The van der Waals surface area contributed by atoms with Gasteiger partial charge in [-0.05, 0) is 18.7 Å². The van der Waals surface area contributed by atoms with Crippen LogP contribution in [0.5, 0.6) is 0 Å². The second-order valence-electron chi connectivity index (χ2n) is 4.69. The van der Waals surface area contributed by atoms with E-state index in [1.807, 2.05) is 0 Å². The van der Waals surface area contributed by atoms with Gasteiger partial charge in [-0.3, -0.25) is 9.69 Å². The molecule has 0 bridgehead atoms. The van der Waals surface area contributed by atoms with Gasteiger partial charge >= 0.3 is 6.18 Å². The van der Waals surface area contributed by atoms with Crippen molar-refractivity contribution in [2.45, 2.75) is 20.0 Å². The molecule has 0 saturated heterocycles. The van der Waals surface area contributed by atoms with Crippen molar-refractivity contribution in [2.75, 3.05) is 19.6 Å². The Kier molecular flexibility index (Phi) is 5.68. The fraction of sp³-hybridized carbons (Fsp3) is 0.500. The number of hydrogen-bond donors (Lipinski definition) is 0. The molecule has 0 N–H and O–H groups in total. The van der Waals surface area contributed by atoms with Gasteiger partial charge < -0.3 is 0 Å². The van der Waals surface area contributed by atoms with E-state index < -0.39 is 30.2 Å². The molecule has 0 heterocycles. The molecule has 112 valence electrons. The molecular weight excluding hydrogens is 274 g/mol. The van der Waals surface area contributed by atoms with Crippen molar-refractivity contribution >= 4 is 5.78 Å². The van der Waals surface area contributed by atoms with Crippen LogP contribution in [0.4, 0.5) is 17.6 Å². The number of rotatable bonds is 6. The topological polar surface area (TPSA) is 20.3 Å². The van der Waals surface area contributed by atoms with Crippen molar-refractivity contribution in [3.63, 3.8) is 0 Å². The van der Waals surface area contributed by atoms with Gasteiger partial charge in [-0.25, -0.2) is 4.39 Å². The highest BCUT2D eigenvalue weighted by Crippen LogP contribution is 2.19. The Morgan fingerprint density at radius 2 is 1.90 bits per heavy atom. The lowest BCUT2D eigenvalue weighted by molar-refractivity contribution is -0.146. The highest BCUT2D eigenvalue weighted by molar-refractivity contribution is 5.98. The van der Waals surface area contributed by atoms with E-state index in [0.29, 0.717) is 0 Å². The maximum Gasteiger partial charge on any atom is 0.401 e. The fourth-order valence-corrected chi connectivity index (χ4v) is 1.96. The summed E-state index contributed by atoms with van der Waals surface area (Å²) in [6.07, 6.45) is -4.31. The number of hydrogen-bond acceptors (Lipinski definition) is 2. The van der Waals surface area contributed by atoms with Crippen molar-refractivity contribution in [1.82, 2.24) is 4.90 Å². The van der Waals surface area contributed by atoms with E-state index in [2.05, 4.69) is 0 Å². The lowest BCUT2D eigenvalue weighted by Crippen LogP contribution is -2.38. The van der Waals surface area contributed by atoms with E-state index in [9.17, 15) is 22.4 Å². The van der Waals surface area contributed by atoms with Gasteiger partial charge in [0.1, 0.15) is 5.82 Å². The zero-order chi connectivity index (χ0) is 15.3. The molecule has 0 aliphatic carbocycles. The van der Waals surface area contributed by atoms with Gasteiger partial charge in [0, 0.05) is 12.5 Å². The normalized spacial score (nSPS) is 13.6. The third kappa shape index (κ3) is 4.92. The second-order valence-corrected chi connectivity index (χ2v) is 4.69. The Morgan fingerprint density at radius 1 is 1.30 bits per heavy atom. The van der Waals surface area contributed by atoms with Crippen LogP contribution in [0, 0.1) is 11.7 Å². The molecule has 0 saturated carbocycles. The number of halogens is 4. The molecule has 0 spiro atoms. The summed E-state index contributed by atoms with van der Waals surface area (Å²) in [6.45, 7) is 2.15. The highest BCUT2D eigenvalue weighted by atomic mass is 19.4. The molecule has 2 nitrogen and oxygen atoms in total. The third-order valence-corrected chi connectivity index (χ3v) is 2.97. The Labute approximate surface area is 115 Å². The summed E-state index contributed by atoms with van der Waals surface area (Å²) >= 11 is 0. The Bertz CT molecular complexity index is 459. The molecule has 20 heavy (non-hydrogen) atoms. The fourth-order valence-electron chi connectivity index (χ4n) is 1.96. The molecule has 0 fully saturated rings. The summed E-state index contributed by atoms with van der Waals surface area (Å²) in [7, 11) is 0. The molecule has 0 radical (unpaired) electrons. The van der Waals surface area contributed by atoms with E-state index in [1.165, 1.54) is 25.1 Å². The summed E-state index contributed by atoms with van der Waals surface area (Å²) in [5.41, 5.74) is -0.0805. The number of ketones is 1. The molecule has 1 aromatic carbocycles. The van der Waals surface area contributed by atoms with Crippen LogP contribution in [0.1, 0.15) is 24.2 Å². The SMILES string of the molecule is CCN(CC(C)C(=O)c1ccccc1F)CC(F)(F)F. The van der Waals surface area contributed by atoms with E-state index in [4.69, 9.17) is 0 Å². The van der Waals surface area contributed by atoms with Crippen molar-refractivity contribution < 1.29 is 22.4 Å². The number of carbonyl (C=O) groups is 1. The number of Topliss-reactive ketones (excluding diaryl/α,β-unsaturated/α-hetero) is 1. The molecule has 0 amide bonds. The first-order chi connectivity index (χ1) is 9.24. The van der Waals surface area contributed by atoms with E-state index in [0.717, 1.165) is 11.0 Å². The van der Waals surface area contributed by atoms with Crippen LogP contribution in [0.3, 0.4) is 0 Å². The van der Waals surface area contributed by atoms with Gasteiger partial charge in [0.2, 0.25) is 0 Å². The number of nitrogens with zero attached hydrogens (tertiary/aromatic N) is 1. The first kappa shape index (κ1) is 16.6. The van der Waals surface area contributed by atoms with Crippen LogP contribution >= 0.6 is 0 Å². The predicted octanol–water partition coefficient (Wildman–Crippen LogP) is 3.53. The molecule has 1 atom stereocenters. The standard InChI is InChI=1S/C14H17F4NO/c1-3-19(9-14(16,17)18)8-10(2)13(20)11-6-4-5-7-12(11)15/h4-7,10H,3,8-9H2,1-2H3. The molecule has 1 aromatic rings. The Morgan fingerprint density at radius 3 is 2.40 bits per heavy atom. The lowest BCUT2D eigenvalue weighted by Gasteiger charge is -2.24. The molecule has 0 aromatic heterocycles. The smallest absolute Gasteiger partial charge is 0.295 e. The van der Waals surface area contributed by atoms with E-state index in [-0.39, 0.29) is 18.7 Å². The van der Waals surface area contributed by atoms with Crippen LogP contribution in [0.2, 0.25) is 0 Å². The van der Waals surface area contributed by atoms with Crippen LogP contribution in [-0.2, 0) is 0 Å². The van der Waals surface area contributed by atoms with Crippen LogP contribution in [0.25, 0.3) is 0 Å². The monoisotopic (exact) mass is 291 g/mol. The number of carbonyl (C=O) groups excluding carboxylic acids is 1. The molecule has 6 heteroatoms. The van der Waals surface area contributed by atoms with Crippen molar-refractivity contribution in [3.05, 3.63) is 35.6 Å². The minimum absolute atomic E-state index is 0.0524. The zero-order valence-corrected chi connectivity index (χ0v) is 11.4. The van der Waals surface area contributed by atoms with Gasteiger partial charge in [0.25, 0.3) is 0 Å². The average Bonchev–Trinajstić information content (AvgIpc) is 2.36. The first-order valence-electron chi connectivity index (χ1n) is 6.32. The van der Waals surface area contributed by atoms with Gasteiger partial charge in [0.05, 0.1) is 12.1 Å². The summed E-state index contributed by atoms with van der Waals surface area (Å²) in [6, 6.07) is 5.48. The summed E-state index contributed by atoms with van der Waals surface area (Å²) in [5.74, 6) is -1.83. The van der Waals surface area contributed by atoms with E-state index in [1.54, 1.807) is 6.92 Å². The maximum absolute atomic E-state index is 13.5. The Hall–Kier alpha value is -1.43. The predicted molar refractivity (Wildman–Crippen MR) is 68.1 cm³/mol. The van der Waals surface area contributed by atoms with Gasteiger partial charge in [0.15, 0.2) is 5.78 Å². The van der Waals surface area contributed by atoms with Gasteiger partial charge in [-0.1, -0.05) is 26.0 Å². The lowest BCUT2D eigenvalue weighted by atomic mass is 9.98. The van der Waals surface area contributed by atoms with Crippen molar-refractivity contribution in [3.8, 4) is 0 Å². The summed E-state index contributed by atoms with van der Waals surface area (Å²) < 4.78 is 50.5. The second kappa shape index (κ2) is 6.83.